The Morgan fingerprint density at radius 1 is 0.764 bits per heavy atom. The van der Waals surface area contributed by atoms with Gasteiger partial charge in [-0.3, -0.25) is 19.3 Å². The molecule has 1 aromatic heterocycles. The van der Waals surface area contributed by atoms with Crippen LogP contribution in [0.5, 0.6) is 51.7 Å². The third-order valence-corrected chi connectivity index (χ3v) is 9.38. The molecule has 1 N–H and O–H groups in total. The van der Waals surface area contributed by atoms with Crippen LogP contribution in [0.3, 0.4) is 0 Å². The molecule has 0 aliphatic carbocycles. The van der Waals surface area contributed by atoms with Crippen molar-refractivity contribution in [3.63, 3.8) is 0 Å². The summed E-state index contributed by atoms with van der Waals surface area (Å²) in [5.41, 5.74) is 2.30. The first-order valence-corrected chi connectivity index (χ1v) is 17.1. The van der Waals surface area contributed by atoms with Gasteiger partial charge >= 0.3 is 11.9 Å². The summed E-state index contributed by atoms with van der Waals surface area (Å²) in [5.74, 6) is -0.399. The SMILES string of the molecule is COC(=O)C[C@@H](c1cc(OC)c(OC(C)=O)c(OC)c1)c1oc(CN2CCc3cc(OC)c(OC)cc3[C@H]2c2cc(OC)c(OC)c(OC)c2)cc(=O)c1O. The second kappa shape index (κ2) is 17.4. The molecule has 5 rings (SSSR count). The van der Waals surface area contributed by atoms with Gasteiger partial charge in [0.05, 0.1) is 81.8 Å². The van der Waals surface area contributed by atoms with Gasteiger partial charge in [0.15, 0.2) is 40.3 Å². The van der Waals surface area contributed by atoms with E-state index in [2.05, 4.69) is 4.90 Å². The summed E-state index contributed by atoms with van der Waals surface area (Å²) in [5, 5.41) is 11.2. The van der Waals surface area contributed by atoms with Gasteiger partial charge in [0.2, 0.25) is 22.7 Å². The van der Waals surface area contributed by atoms with Crippen LogP contribution in [-0.4, -0.2) is 85.4 Å². The maximum atomic E-state index is 13.5. The fourth-order valence-corrected chi connectivity index (χ4v) is 6.84. The minimum Gasteiger partial charge on any atom is -0.502 e. The smallest absolute Gasteiger partial charge is 0.308 e. The standard InChI is InChI=1S/C40H45NO14/c1-21(42)54-40-33(50-6)13-23(14-34(40)51-7)27(19-35(44)52-8)38-37(45)28(43)17-25(55-38)20-41-11-10-22-12-29(46-2)30(47-3)18-26(22)36(41)24-15-31(48-4)39(53-9)32(16-24)49-5/h12-18,27,36,45H,10-11,19-20H2,1-9H3/t27-,36+/m0/s1. The summed E-state index contributed by atoms with van der Waals surface area (Å²) in [7, 11) is 11.7. The highest BCUT2D eigenvalue weighted by Gasteiger charge is 2.34. The molecule has 1 aliphatic heterocycles. The van der Waals surface area contributed by atoms with Crippen LogP contribution in [0, 0.1) is 0 Å². The third kappa shape index (κ3) is 8.21. The molecule has 1 aliphatic rings. The number of ether oxygens (including phenoxy) is 9. The Hall–Kier alpha value is -6.09. The zero-order valence-electron chi connectivity index (χ0n) is 32.2. The molecule has 55 heavy (non-hydrogen) atoms. The molecule has 2 heterocycles. The van der Waals surface area contributed by atoms with Crippen molar-refractivity contribution < 1.29 is 61.7 Å². The lowest BCUT2D eigenvalue weighted by molar-refractivity contribution is -0.141. The van der Waals surface area contributed by atoms with Crippen molar-refractivity contribution in [1.82, 2.24) is 4.90 Å². The Balaban J connectivity index is 1.67. The van der Waals surface area contributed by atoms with E-state index in [9.17, 15) is 19.5 Å². The number of carbonyl (C=O) groups excluding carboxylic acids is 2. The highest BCUT2D eigenvalue weighted by atomic mass is 16.6. The van der Waals surface area contributed by atoms with Gasteiger partial charge in [0.1, 0.15) is 5.76 Å². The van der Waals surface area contributed by atoms with Crippen LogP contribution in [-0.2, 0) is 27.3 Å². The molecule has 2 atom stereocenters. The van der Waals surface area contributed by atoms with Crippen molar-refractivity contribution in [1.29, 1.82) is 0 Å². The second-order valence-corrected chi connectivity index (χ2v) is 12.5. The zero-order valence-corrected chi connectivity index (χ0v) is 32.2. The van der Waals surface area contributed by atoms with E-state index in [4.69, 9.17) is 47.0 Å². The molecule has 0 radical (unpaired) electrons. The second-order valence-electron chi connectivity index (χ2n) is 12.5. The predicted octanol–water partition coefficient (Wildman–Crippen LogP) is 5.17. The topological polar surface area (TPSA) is 171 Å². The molecule has 0 bridgehead atoms. The van der Waals surface area contributed by atoms with E-state index in [1.165, 1.54) is 67.8 Å². The molecule has 0 saturated heterocycles. The normalized spacial score (nSPS) is 14.2. The monoisotopic (exact) mass is 763 g/mol. The molecule has 15 nitrogen and oxygen atoms in total. The van der Waals surface area contributed by atoms with E-state index in [0.717, 1.165) is 16.7 Å². The molecule has 0 unspecified atom stereocenters. The van der Waals surface area contributed by atoms with Crippen LogP contribution in [0.4, 0.5) is 0 Å². The molecule has 0 spiro atoms. The number of aromatic hydroxyl groups is 1. The Labute approximate surface area is 318 Å². The summed E-state index contributed by atoms with van der Waals surface area (Å²) in [6.07, 6.45) is 0.257. The number of nitrogens with zero attached hydrogens (tertiary/aromatic N) is 1. The van der Waals surface area contributed by atoms with Gasteiger partial charge in [-0.15, -0.1) is 0 Å². The van der Waals surface area contributed by atoms with Crippen LogP contribution >= 0.6 is 0 Å². The van der Waals surface area contributed by atoms with Crippen molar-refractivity contribution >= 4 is 11.9 Å². The van der Waals surface area contributed by atoms with Crippen molar-refractivity contribution in [2.75, 3.05) is 63.4 Å². The predicted molar refractivity (Wildman–Crippen MR) is 198 cm³/mol. The van der Waals surface area contributed by atoms with E-state index >= 15 is 0 Å². The van der Waals surface area contributed by atoms with Gasteiger partial charge < -0.3 is 52.2 Å². The lowest BCUT2D eigenvalue weighted by Crippen LogP contribution is -2.36. The van der Waals surface area contributed by atoms with Crippen molar-refractivity contribution in [2.45, 2.75) is 38.3 Å². The number of esters is 2. The summed E-state index contributed by atoms with van der Waals surface area (Å²) in [6.45, 7) is 1.81. The van der Waals surface area contributed by atoms with Crippen molar-refractivity contribution in [3.8, 4) is 51.7 Å². The molecule has 15 heteroatoms. The van der Waals surface area contributed by atoms with Gasteiger partial charge in [-0.1, -0.05) is 0 Å². The van der Waals surface area contributed by atoms with Crippen LogP contribution in [0.1, 0.15) is 59.1 Å². The number of rotatable bonds is 15. The summed E-state index contributed by atoms with van der Waals surface area (Å²) in [6, 6.07) is 11.3. The van der Waals surface area contributed by atoms with Crippen LogP contribution in [0.2, 0.25) is 0 Å². The molecule has 0 amide bonds. The molecular formula is C40H45NO14. The van der Waals surface area contributed by atoms with E-state index < -0.39 is 35.1 Å². The van der Waals surface area contributed by atoms with E-state index in [0.29, 0.717) is 47.3 Å². The lowest BCUT2D eigenvalue weighted by Gasteiger charge is -2.38. The largest absolute Gasteiger partial charge is 0.502 e. The number of fused-ring (bicyclic) bond motifs is 1. The van der Waals surface area contributed by atoms with Crippen LogP contribution in [0.25, 0.3) is 0 Å². The summed E-state index contributed by atoms with van der Waals surface area (Å²) >= 11 is 0. The van der Waals surface area contributed by atoms with Crippen molar-refractivity contribution in [2.24, 2.45) is 0 Å². The zero-order chi connectivity index (χ0) is 40.0. The average Bonchev–Trinajstić information content (AvgIpc) is 3.19. The lowest BCUT2D eigenvalue weighted by atomic mass is 9.87. The van der Waals surface area contributed by atoms with Gasteiger partial charge in [-0.25, -0.2) is 0 Å². The van der Waals surface area contributed by atoms with E-state index in [-0.39, 0.29) is 41.7 Å². The van der Waals surface area contributed by atoms with E-state index in [1.54, 1.807) is 14.2 Å². The number of methoxy groups -OCH3 is 8. The molecule has 3 aromatic carbocycles. The number of carbonyl (C=O) groups is 2. The Bertz CT molecular complexity index is 2060. The Morgan fingerprint density at radius 3 is 1.85 bits per heavy atom. The maximum absolute atomic E-state index is 13.5. The maximum Gasteiger partial charge on any atom is 0.308 e. The van der Waals surface area contributed by atoms with Gasteiger partial charge in [-0.2, -0.15) is 0 Å². The van der Waals surface area contributed by atoms with E-state index in [1.807, 2.05) is 24.3 Å². The summed E-state index contributed by atoms with van der Waals surface area (Å²) < 4.78 is 56.1. The van der Waals surface area contributed by atoms with Crippen LogP contribution < -0.4 is 43.3 Å². The highest BCUT2D eigenvalue weighted by Crippen LogP contribution is 2.47. The minimum absolute atomic E-state index is 0.00922. The Morgan fingerprint density at radius 2 is 1.33 bits per heavy atom. The van der Waals surface area contributed by atoms with Crippen LogP contribution in [0.15, 0.2) is 51.7 Å². The Kier molecular flexibility index (Phi) is 12.7. The first kappa shape index (κ1) is 40.1. The fourth-order valence-electron chi connectivity index (χ4n) is 6.84. The fraction of sp³-hybridized carbons (Fsp3) is 0.375. The quantitative estimate of drug-likeness (QED) is 0.124. The number of hydrogen-bond donors (Lipinski definition) is 1. The van der Waals surface area contributed by atoms with Gasteiger partial charge in [0.25, 0.3) is 0 Å². The minimum atomic E-state index is -1.07. The summed E-state index contributed by atoms with van der Waals surface area (Å²) in [4.78, 5) is 40.4. The molecule has 0 saturated carbocycles. The molecule has 0 fully saturated rings. The third-order valence-electron chi connectivity index (χ3n) is 9.38. The molecular weight excluding hydrogens is 718 g/mol. The highest BCUT2D eigenvalue weighted by molar-refractivity contribution is 5.74. The molecule has 294 valence electrons. The first-order valence-electron chi connectivity index (χ1n) is 17.1. The van der Waals surface area contributed by atoms with Crippen molar-refractivity contribution in [3.05, 3.63) is 86.5 Å². The first-order chi connectivity index (χ1) is 26.4. The average molecular weight is 764 g/mol. The number of benzene rings is 3. The number of hydrogen-bond acceptors (Lipinski definition) is 15. The van der Waals surface area contributed by atoms with Gasteiger partial charge in [0, 0.05) is 19.5 Å². The van der Waals surface area contributed by atoms with Gasteiger partial charge in [-0.05, 0) is 65.1 Å². The molecule has 4 aromatic rings.